The molecule has 3 aromatic carbocycles. The summed E-state index contributed by atoms with van der Waals surface area (Å²) in [6.45, 7) is 2.19. The van der Waals surface area contributed by atoms with Crippen molar-refractivity contribution in [3.05, 3.63) is 77.4 Å². The van der Waals surface area contributed by atoms with Crippen LogP contribution >= 0.6 is 0 Å². The molecule has 1 aliphatic carbocycles. The van der Waals surface area contributed by atoms with Crippen molar-refractivity contribution in [1.29, 1.82) is 0 Å². The van der Waals surface area contributed by atoms with E-state index in [0.717, 1.165) is 11.9 Å². The van der Waals surface area contributed by atoms with Crippen molar-refractivity contribution in [2.75, 3.05) is 0 Å². The van der Waals surface area contributed by atoms with Gasteiger partial charge in [0.15, 0.2) is 0 Å². The summed E-state index contributed by atoms with van der Waals surface area (Å²) in [7, 11) is 0. The monoisotopic (exact) mass is 323 g/mol. The Kier molecular flexibility index (Phi) is 3.34. The van der Waals surface area contributed by atoms with Gasteiger partial charge in [0.2, 0.25) is 0 Å². The number of aromatic nitrogens is 1. The molecule has 4 aromatic rings. The normalized spacial score (nSPS) is 14.0. The van der Waals surface area contributed by atoms with Gasteiger partial charge >= 0.3 is 0 Å². The van der Waals surface area contributed by atoms with Crippen LogP contribution in [0.4, 0.5) is 0 Å². The average Bonchev–Trinajstić information content (AvgIpc) is 2.67. The van der Waals surface area contributed by atoms with Gasteiger partial charge in [-0.1, -0.05) is 54.6 Å². The lowest BCUT2D eigenvalue weighted by molar-refractivity contribution is 0.689. The maximum absolute atomic E-state index is 5.17. The zero-order chi connectivity index (χ0) is 16.8. The zero-order valence-electron chi connectivity index (χ0n) is 14.5. The van der Waals surface area contributed by atoms with Gasteiger partial charge in [-0.15, -0.1) is 0 Å². The fourth-order valence-corrected chi connectivity index (χ4v) is 4.36. The molecule has 0 unspecified atom stereocenters. The van der Waals surface area contributed by atoms with Gasteiger partial charge in [-0.3, -0.25) is 0 Å². The Hall–Kier alpha value is -2.67. The summed E-state index contributed by atoms with van der Waals surface area (Å²) in [6.07, 6.45) is 4.86. The van der Waals surface area contributed by atoms with Crippen LogP contribution in [0, 0.1) is 6.92 Å². The number of benzene rings is 3. The van der Waals surface area contributed by atoms with E-state index in [1.807, 2.05) is 0 Å². The second kappa shape index (κ2) is 5.70. The molecule has 0 aliphatic heterocycles. The topological polar surface area (TPSA) is 12.9 Å². The number of aryl methyl sites for hydroxylation is 2. The van der Waals surface area contributed by atoms with Crippen molar-refractivity contribution in [1.82, 2.24) is 4.98 Å². The molecule has 0 saturated carbocycles. The van der Waals surface area contributed by atoms with E-state index in [4.69, 9.17) is 4.98 Å². The molecule has 0 atom stereocenters. The summed E-state index contributed by atoms with van der Waals surface area (Å²) < 4.78 is 0. The third kappa shape index (κ3) is 2.26. The van der Waals surface area contributed by atoms with Gasteiger partial charge in [-0.25, -0.2) is 4.98 Å². The molecule has 1 heteroatoms. The van der Waals surface area contributed by atoms with E-state index in [9.17, 15) is 0 Å². The molecule has 5 rings (SSSR count). The van der Waals surface area contributed by atoms with Crippen molar-refractivity contribution in [3.8, 4) is 11.3 Å². The molecule has 1 aliphatic rings. The second-order valence-electron chi connectivity index (χ2n) is 7.12. The van der Waals surface area contributed by atoms with Crippen LogP contribution in [0.25, 0.3) is 32.9 Å². The third-order valence-electron chi connectivity index (χ3n) is 5.59. The second-order valence-corrected chi connectivity index (χ2v) is 7.12. The molecule has 122 valence electrons. The maximum atomic E-state index is 5.17. The molecule has 0 fully saturated rings. The molecule has 25 heavy (non-hydrogen) atoms. The Labute approximate surface area is 148 Å². The van der Waals surface area contributed by atoms with E-state index < -0.39 is 0 Å². The summed E-state index contributed by atoms with van der Waals surface area (Å²) in [5, 5.41) is 4.04. The minimum absolute atomic E-state index is 1.14. The van der Waals surface area contributed by atoms with Gasteiger partial charge in [0.05, 0.1) is 11.2 Å². The van der Waals surface area contributed by atoms with Crippen LogP contribution in [0.3, 0.4) is 0 Å². The van der Waals surface area contributed by atoms with Gasteiger partial charge in [0, 0.05) is 10.9 Å². The first-order valence-corrected chi connectivity index (χ1v) is 9.22. The van der Waals surface area contributed by atoms with Crippen LogP contribution in [0.1, 0.15) is 29.5 Å². The number of hydrogen-bond acceptors (Lipinski definition) is 1. The van der Waals surface area contributed by atoms with Crippen molar-refractivity contribution in [2.45, 2.75) is 32.6 Å². The van der Waals surface area contributed by atoms with Gasteiger partial charge < -0.3 is 0 Å². The van der Waals surface area contributed by atoms with Crippen LogP contribution in [0.15, 0.2) is 60.7 Å². The summed E-state index contributed by atoms with van der Waals surface area (Å²) in [5.41, 5.74) is 7.95. The summed E-state index contributed by atoms with van der Waals surface area (Å²) in [4.78, 5) is 5.17. The van der Waals surface area contributed by atoms with Crippen LogP contribution in [0.2, 0.25) is 0 Å². The number of hydrogen-bond donors (Lipinski definition) is 0. The average molecular weight is 323 g/mol. The predicted molar refractivity (Wildman–Crippen MR) is 106 cm³/mol. The van der Waals surface area contributed by atoms with E-state index in [0.29, 0.717) is 0 Å². The molecule has 0 amide bonds. The lowest BCUT2D eigenvalue weighted by Gasteiger charge is -2.23. The number of nitrogens with zero attached hydrogens (tertiary/aromatic N) is 1. The predicted octanol–water partition coefficient (Wildman–Crippen LogP) is 6.24. The molecule has 0 bridgehead atoms. The lowest BCUT2D eigenvalue weighted by Crippen LogP contribution is -2.08. The quantitative estimate of drug-likeness (QED) is 0.378. The van der Waals surface area contributed by atoms with Gasteiger partial charge in [0.1, 0.15) is 0 Å². The van der Waals surface area contributed by atoms with Crippen molar-refractivity contribution in [2.24, 2.45) is 0 Å². The van der Waals surface area contributed by atoms with Crippen LogP contribution in [0.5, 0.6) is 0 Å². The fourth-order valence-electron chi connectivity index (χ4n) is 4.36. The van der Waals surface area contributed by atoms with E-state index in [2.05, 4.69) is 67.6 Å². The molecule has 1 heterocycles. The Morgan fingerprint density at radius 3 is 2.40 bits per heavy atom. The third-order valence-corrected chi connectivity index (χ3v) is 5.59. The van der Waals surface area contributed by atoms with Crippen LogP contribution in [-0.2, 0) is 12.8 Å². The van der Waals surface area contributed by atoms with E-state index in [1.54, 1.807) is 0 Å². The molecule has 1 nitrogen and oxygen atoms in total. The van der Waals surface area contributed by atoms with Crippen molar-refractivity contribution in [3.63, 3.8) is 0 Å². The van der Waals surface area contributed by atoms with E-state index >= 15 is 0 Å². The molecule has 0 saturated heterocycles. The van der Waals surface area contributed by atoms with Crippen LogP contribution < -0.4 is 0 Å². The molecule has 0 spiro atoms. The molecular weight excluding hydrogens is 302 g/mol. The minimum atomic E-state index is 1.14. The summed E-state index contributed by atoms with van der Waals surface area (Å²) in [6, 6.07) is 21.8. The molecule has 1 aromatic heterocycles. The minimum Gasteiger partial charge on any atom is -0.247 e. The first kappa shape index (κ1) is 14.7. The fraction of sp³-hybridized carbons (Fsp3) is 0.208. The highest BCUT2D eigenvalue weighted by Gasteiger charge is 2.21. The van der Waals surface area contributed by atoms with Gasteiger partial charge in [0.25, 0.3) is 0 Å². The van der Waals surface area contributed by atoms with E-state index in [1.165, 1.54) is 63.4 Å². The number of rotatable bonds is 1. The Morgan fingerprint density at radius 1 is 0.760 bits per heavy atom. The zero-order valence-corrected chi connectivity index (χ0v) is 14.5. The first-order chi connectivity index (χ1) is 12.3. The van der Waals surface area contributed by atoms with Gasteiger partial charge in [-0.05, 0) is 66.1 Å². The largest absolute Gasteiger partial charge is 0.247 e. The van der Waals surface area contributed by atoms with Crippen molar-refractivity contribution >= 4 is 21.7 Å². The smallest absolute Gasteiger partial charge is 0.0747 e. The highest BCUT2D eigenvalue weighted by Crippen LogP contribution is 2.38. The standard InChI is InChI=1S/C24H21N/c1-16-8-2-4-10-18(16)24-21-13-7-6-12-20(21)23-19-11-5-3-9-17(19)14-15-22(23)25-24/h2-5,8-11,14-15H,6-7,12-13H2,1H3. The SMILES string of the molecule is Cc1ccccc1-c1nc2ccc3ccccc3c2c2c1CCCC2. The van der Waals surface area contributed by atoms with E-state index in [-0.39, 0.29) is 0 Å². The number of pyridine rings is 1. The molecule has 0 N–H and O–H groups in total. The molecular formula is C24H21N. The number of fused-ring (bicyclic) bond motifs is 5. The lowest BCUT2D eigenvalue weighted by atomic mass is 9.84. The van der Waals surface area contributed by atoms with Crippen molar-refractivity contribution < 1.29 is 0 Å². The van der Waals surface area contributed by atoms with Gasteiger partial charge in [-0.2, -0.15) is 0 Å². The summed E-state index contributed by atoms with van der Waals surface area (Å²) in [5.74, 6) is 0. The highest BCUT2D eigenvalue weighted by atomic mass is 14.7. The Balaban J connectivity index is 1.93. The Morgan fingerprint density at radius 2 is 1.52 bits per heavy atom. The molecule has 0 radical (unpaired) electrons. The first-order valence-electron chi connectivity index (χ1n) is 9.22. The maximum Gasteiger partial charge on any atom is 0.0747 e. The van der Waals surface area contributed by atoms with Crippen LogP contribution in [-0.4, -0.2) is 4.98 Å². The summed E-state index contributed by atoms with van der Waals surface area (Å²) >= 11 is 0. The highest BCUT2D eigenvalue weighted by molar-refractivity contribution is 6.09. The Bertz CT molecular complexity index is 1110.